The van der Waals surface area contributed by atoms with E-state index in [2.05, 4.69) is 37.1 Å². The average molecular weight is 374 g/mol. The number of hydrogen-bond donors (Lipinski definition) is 2. The zero-order valence-electron chi connectivity index (χ0n) is 15.3. The van der Waals surface area contributed by atoms with Crippen molar-refractivity contribution in [3.8, 4) is 6.07 Å². The second kappa shape index (κ2) is 6.20. The molecule has 4 aromatic heterocycles. The molecule has 1 saturated heterocycles. The van der Waals surface area contributed by atoms with E-state index in [1.54, 1.807) is 12.3 Å². The lowest BCUT2D eigenvalue weighted by molar-refractivity contribution is 0.284. The summed E-state index contributed by atoms with van der Waals surface area (Å²) in [6.45, 7) is 3.74. The largest absolute Gasteiger partial charge is 0.353 e. The molecule has 0 saturated carbocycles. The number of aromatic nitrogens is 6. The minimum absolute atomic E-state index is 0.0666. The standard InChI is InChI=1S/C19H18N8O/c1-11-5-7-26(16-3-2-12(8-20)23-24-16)10-15(11)27-17-13-4-6-21-18(13)22-9-14(17)19(28)25-27/h2-4,6,9,11,15H,5,7,10H2,1H3,(H,21,22)(H,25,28)/t11-,15+/m1/s1. The summed E-state index contributed by atoms with van der Waals surface area (Å²) in [5.41, 5.74) is 1.81. The van der Waals surface area contributed by atoms with Gasteiger partial charge in [0.1, 0.15) is 11.7 Å². The van der Waals surface area contributed by atoms with E-state index in [1.165, 1.54) is 0 Å². The fourth-order valence-corrected chi connectivity index (χ4v) is 4.04. The number of rotatable bonds is 2. The molecule has 140 valence electrons. The summed E-state index contributed by atoms with van der Waals surface area (Å²) in [7, 11) is 0. The molecule has 0 spiro atoms. The Morgan fingerprint density at radius 2 is 2.14 bits per heavy atom. The van der Waals surface area contributed by atoms with Crippen molar-refractivity contribution in [3.05, 3.63) is 46.6 Å². The van der Waals surface area contributed by atoms with Crippen molar-refractivity contribution in [2.45, 2.75) is 19.4 Å². The molecule has 0 radical (unpaired) electrons. The van der Waals surface area contributed by atoms with Gasteiger partial charge in [-0.25, -0.2) is 4.98 Å². The highest BCUT2D eigenvalue weighted by Gasteiger charge is 2.30. The van der Waals surface area contributed by atoms with Gasteiger partial charge in [-0.1, -0.05) is 6.92 Å². The van der Waals surface area contributed by atoms with Gasteiger partial charge >= 0.3 is 0 Å². The second-order valence-electron chi connectivity index (χ2n) is 7.24. The Kier molecular flexibility index (Phi) is 3.65. The number of hydrogen-bond acceptors (Lipinski definition) is 6. The van der Waals surface area contributed by atoms with Crippen LogP contribution in [0.4, 0.5) is 5.82 Å². The lowest BCUT2D eigenvalue weighted by Crippen LogP contribution is -2.41. The molecular formula is C19H18N8O. The molecule has 5 rings (SSSR count). The van der Waals surface area contributed by atoms with Crippen molar-refractivity contribution in [2.75, 3.05) is 18.0 Å². The van der Waals surface area contributed by atoms with Crippen LogP contribution in [-0.4, -0.2) is 43.0 Å². The first-order chi connectivity index (χ1) is 13.7. The van der Waals surface area contributed by atoms with Crippen LogP contribution in [0.1, 0.15) is 25.1 Å². The monoisotopic (exact) mass is 374 g/mol. The van der Waals surface area contributed by atoms with E-state index in [9.17, 15) is 4.79 Å². The van der Waals surface area contributed by atoms with Gasteiger partial charge in [-0.05, 0) is 30.5 Å². The molecule has 28 heavy (non-hydrogen) atoms. The molecule has 9 nitrogen and oxygen atoms in total. The minimum atomic E-state index is -0.131. The van der Waals surface area contributed by atoms with Crippen molar-refractivity contribution in [3.63, 3.8) is 0 Å². The van der Waals surface area contributed by atoms with E-state index < -0.39 is 0 Å². The predicted molar refractivity (Wildman–Crippen MR) is 104 cm³/mol. The molecule has 0 unspecified atom stereocenters. The van der Waals surface area contributed by atoms with Gasteiger partial charge < -0.3 is 9.88 Å². The number of nitrogens with one attached hydrogen (secondary N) is 2. The molecule has 1 aliphatic heterocycles. The average Bonchev–Trinajstić information content (AvgIpc) is 3.33. The third-order valence-electron chi connectivity index (χ3n) is 5.60. The van der Waals surface area contributed by atoms with Crippen LogP contribution in [-0.2, 0) is 0 Å². The van der Waals surface area contributed by atoms with Crippen molar-refractivity contribution < 1.29 is 0 Å². The molecule has 1 aliphatic rings. The summed E-state index contributed by atoms with van der Waals surface area (Å²) < 4.78 is 1.99. The van der Waals surface area contributed by atoms with E-state index in [4.69, 9.17) is 5.26 Å². The fourth-order valence-electron chi connectivity index (χ4n) is 4.04. The number of nitrogens with zero attached hydrogens (tertiary/aromatic N) is 6. The van der Waals surface area contributed by atoms with Gasteiger partial charge in [-0.3, -0.25) is 14.6 Å². The maximum Gasteiger partial charge on any atom is 0.273 e. The zero-order chi connectivity index (χ0) is 19.3. The minimum Gasteiger partial charge on any atom is -0.353 e. The SMILES string of the molecule is C[C@@H]1CCN(c2ccc(C#N)nn2)C[C@@H]1n1[nH]c(=O)c2cnc3[nH]ccc3c21. The number of nitriles is 1. The molecule has 0 aliphatic carbocycles. The third kappa shape index (κ3) is 2.45. The summed E-state index contributed by atoms with van der Waals surface area (Å²) >= 11 is 0. The van der Waals surface area contributed by atoms with E-state index in [-0.39, 0.29) is 11.6 Å². The lowest BCUT2D eigenvalue weighted by Gasteiger charge is -2.38. The predicted octanol–water partition coefficient (Wildman–Crippen LogP) is 1.96. The summed E-state index contributed by atoms with van der Waals surface area (Å²) in [4.78, 5) is 22.1. The summed E-state index contributed by atoms with van der Waals surface area (Å²) in [6.07, 6.45) is 4.41. The molecule has 2 atom stereocenters. The first-order valence-corrected chi connectivity index (χ1v) is 9.21. The Balaban J connectivity index is 1.58. The van der Waals surface area contributed by atoms with Crippen LogP contribution >= 0.6 is 0 Å². The quantitative estimate of drug-likeness (QED) is 0.553. The topological polar surface area (TPSA) is 119 Å². The maximum absolute atomic E-state index is 12.5. The van der Waals surface area contributed by atoms with Crippen molar-refractivity contribution in [1.29, 1.82) is 5.26 Å². The van der Waals surface area contributed by atoms with Crippen LogP contribution in [0.5, 0.6) is 0 Å². The molecule has 5 heterocycles. The molecule has 9 heteroatoms. The van der Waals surface area contributed by atoms with Crippen LogP contribution in [0.2, 0.25) is 0 Å². The van der Waals surface area contributed by atoms with Gasteiger partial charge in [0, 0.05) is 30.9 Å². The Morgan fingerprint density at radius 1 is 1.25 bits per heavy atom. The molecule has 2 N–H and O–H groups in total. The first kappa shape index (κ1) is 16.5. The molecule has 1 fully saturated rings. The first-order valence-electron chi connectivity index (χ1n) is 9.21. The highest BCUT2D eigenvalue weighted by atomic mass is 16.1. The second-order valence-corrected chi connectivity index (χ2v) is 7.24. The zero-order valence-corrected chi connectivity index (χ0v) is 15.3. The van der Waals surface area contributed by atoms with Crippen LogP contribution in [0.3, 0.4) is 0 Å². The van der Waals surface area contributed by atoms with E-state index >= 15 is 0 Å². The lowest BCUT2D eigenvalue weighted by atomic mass is 9.93. The highest BCUT2D eigenvalue weighted by Crippen LogP contribution is 2.32. The molecule has 4 aromatic rings. The summed E-state index contributed by atoms with van der Waals surface area (Å²) in [5, 5.41) is 21.6. The van der Waals surface area contributed by atoms with Gasteiger partial charge in [-0.15, -0.1) is 10.2 Å². The number of H-pyrrole nitrogens is 2. The fraction of sp³-hybridized carbons (Fsp3) is 0.316. The van der Waals surface area contributed by atoms with Crippen LogP contribution in [0.15, 0.2) is 35.4 Å². The molecule has 0 bridgehead atoms. The van der Waals surface area contributed by atoms with E-state index in [1.807, 2.05) is 29.1 Å². The molecular weight excluding hydrogens is 356 g/mol. The van der Waals surface area contributed by atoms with Crippen molar-refractivity contribution in [1.82, 2.24) is 29.9 Å². The van der Waals surface area contributed by atoms with Crippen molar-refractivity contribution in [2.24, 2.45) is 5.92 Å². The number of fused-ring (bicyclic) bond motifs is 3. The highest BCUT2D eigenvalue weighted by molar-refractivity contribution is 6.02. The Morgan fingerprint density at radius 3 is 2.93 bits per heavy atom. The van der Waals surface area contributed by atoms with Crippen LogP contribution in [0.25, 0.3) is 21.9 Å². The van der Waals surface area contributed by atoms with Crippen LogP contribution < -0.4 is 10.5 Å². The van der Waals surface area contributed by atoms with Gasteiger partial charge in [0.05, 0.1) is 16.9 Å². The normalized spacial score (nSPS) is 19.9. The third-order valence-corrected chi connectivity index (χ3v) is 5.60. The number of aromatic amines is 2. The van der Waals surface area contributed by atoms with Gasteiger partial charge in [0.15, 0.2) is 11.5 Å². The van der Waals surface area contributed by atoms with Gasteiger partial charge in [-0.2, -0.15) is 5.26 Å². The van der Waals surface area contributed by atoms with Crippen LogP contribution in [0, 0.1) is 17.2 Å². The smallest absolute Gasteiger partial charge is 0.273 e. The Labute approximate surface area is 159 Å². The Bertz CT molecular complexity index is 1260. The summed E-state index contributed by atoms with van der Waals surface area (Å²) in [6, 6.07) is 7.51. The summed E-state index contributed by atoms with van der Waals surface area (Å²) in [5.74, 6) is 1.11. The number of anilines is 1. The van der Waals surface area contributed by atoms with E-state index in [0.29, 0.717) is 23.5 Å². The maximum atomic E-state index is 12.5. The Hall–Kier alpha value is -3.67. The molecule has 0 amide bonds. The van der Waals surface area contributed by atoms with E-state index in [0.717, 1.165) is 35.3 Å². The number of piperidine rings is 1. The van der Waals surface area contributed by atoms with Gasteiger partial charge in [0.2, 0.25) is 0 Å². The van der Waals surface area contributed by atoms with Crippen molar-refractivity contribution >= 4 is 27.8 Å². The molecule has 0 aromatic carbocycles. The number of pyridine rings is 1. The van der Waals surface area contributed by atoms with Gasteiger partial charge in [0.25, 0.3) is 5.56 Å².